The first kappa shape index (κ1) is 16.3. The molecule has 0 aliphatic heterocycles. The number of ether oxygens (including phenoxy) is 3. The molecule has 0 aromatic heterocycles. The van der Waals surface area contributed by atoms with E-state index in [1.807, 2.05) is 6.92 Å². The first-order chi connectivity index (χ1) is 9.44. The second kappa shape index (κ2) is 7.14. The van der Waals surface area contributed by atoms with E-state index in [1.165, 1.54) is 7.11 Å². The lowest BCUT2D eigenvalue weighted by atomic mass is 9.95. The van der Waals surface area contributed by atoms with E-state index in [0.717, 1.165) is 5.56 Å². The third-order valence-electron chi connectivity index (χ3n) is 2.82. The largest absolute Gasteiger partial charge is 0.490 e. The average Bonchev–Trinajstić information content (AvgIpc) is 2.45. The SMILES string of the molecule is CCOc1cc(CO)ccc1OCC(C)(C)C(=O)OC. The summed E-state index contributed by atoms with van der Waals surface area (Å²) >= 11 is 0. The van der Waals surface area contributed by atoms with Crippen molar-refractivity contribution in [1.29, 1.82) is 0 Å². The minimum absolute atomic E-state index is 0.0615. The van der Waals surface area contributed by atoms with Crippen LogP contribution in [0.2, 0.25) is 0 Å². The standard InChI is InChI=1S/C15H22O5/c1-5-19-13-8-11(9-16)6-7-12(13)20-10-15(2,3)14(17)18-4/h6-8,16H,5,9-10H2,1-4H3. The van der Waals surface area contributed by atoms with E-state index in [2.05, 4.69) is 0 Å². The highest BCUT2D eigenvalue weighted by atomic mass is 16.5. The van der Waals surface area contributed by atoms with Gasteiger partial charge in [0.1, 0.15) is 6.61 Å². The van der Waals surface area contributed by atoms with Crippen molar-refractivity contribution in [1.82, 2.24) is 0 Å². The Balaban J connectivity index is 2.84. The Kier molecular flexibility index (Phi) is 5.82. The van der Waals surface area contributed by atoms with Gasteiger partial charge in [-0.1, -0.05) is 6.07 Å². The molecule has 0 bridgehead atoms. The zero-order chi connectivity index (χ0) is 15.2. The number of hydrogen-bond acceptors (Lipinski definition) is 5. The molecule has 0 saturated carbocycles. The lowest BCUT2D eigenvalue weighted by Gasteiger charge is -2.22. The first-order valence-corrected chi connectivity index (χ1v) is 6.52. The number of benzene rings is 1. The van der Waals surface area contributed by atoms with Crippen LogP contribution in [0.5, 0.6) is 11.5 Å². The summed E-state index contributed by atoms with van der Waals surface area (Å²) in [5.74, 6) is 0.767. The van der Waals surface area contributed by atoms with Crippen LogP contribution in [0.3, 0.4) is 0 Å². The molecule has 0 unspecified atom stereocenters. The summed E-state index contributed by atoms with van der Waals surface area (Å²) < 4.78 is 15.9. The average molecular weight is 282 g/mol. The minimum atomic E-state index is -0.742. The van der Waals surface area contributed by atoms with Crippen LogP contribution in [-0.4, -0.2) is 31.4 Å². The molecule has 0 heterocycles. The van der Waals surface area contributed by atoms with Gasteiger partial charge in [0.05, 0.1) is 25.7 Å². The number of carbonyl (C=O) groups is 1. The molecule has 5 heteroatoms. The van der Waals surface area contributed by atoms with Crippen LogP contribution in [0, 0.1) is 5.41 Å². The summed E-state index contributed by atoms with van der Waals surface area (Å²) in [4.78, 5) is 11.6. The fourth-order valence-corrected chi connectivity index (χ4v) is 1.63. The van der Waals surface area contributed by atoms with Crippen molar-refractivity contribution in [2.24, 2.45) is 5.41 Å². The normalized spacial score (nSPS) is 11.1. The van der Waals surface area contributed by atoms with E-state index in [9.17, 15) is 4.79 Å². The molecule has 1 aromatic carbocycles. The third-order valence-corrected chi connectivity index (χ3v) is 2.82. The molecule has 0 atom stereocenters. The van der Waals surface area contributed by atoms with Gasteiger partial charge in [-0.05, 0) is 38.5 Å². The number of hydrogen-bond donors (Lipinski definition) is 1. The predicted octanol–water partition coefficient (Wildman–Crippen LogP) is 2.16. The van der Waals surface area contributed by atoms with Crippen LogP contribution in [-0.2, 0) is 16.1 Å². The highest BCUT2D eigenvalue weighted by Crippen LogP contribution is 2.30. The molecule has 0 aliphatic carbocycles. The van der Waals surface area contributed by atoms with Crippen LogP contribution < -0.4 is 9.47 Å². The Morgan fingerprint density at radius 2 is 1.95 bits per heavy atom. The number of rotatable bonds is 7. The summed E-state index contributed by atoms with van der Waals surface area (Å²) in [5, 5.41) is 9.13. The van der Waals surface area contributed by atoms with E-state index in [-0.39, 0.29) is 19.2 Å². The molecule has 5 nitrogen and oxygen atoms in total. The Labute approximate surface area is 119 Å². The highest BCUT2D eigenvalue weighted by molar-refractivity contribution is 5.75. The lowest BCUT2D eigenvalue weighted by molar-refractivity contribution is -0.152. The van der Waals surface area contributed by atoms with Crippen molar-refractivity contribution in [2.75, 3.05) is 20.3 Å². The van der Waals surface area contributed by atoms with E-state index in [4.69, 9.17) is 19.3 Å². The van der Waals surface area contributed by atoms with E-state index >= 15 is 0 Å². The van der Waals surface area contributed by atoms with Gasteiger partial charge >= 0.3 is 5.97 Å². The van der Waals surface area contributed by atoms with Gasteiger partial charge in [0.25, 0.3) is 0 Å². The Hall–Kier alpha value is -1.75. The summed E-state index contributed by atoms with van der Waals surface area (Å²) in [6.45, 7) is 5.98. The zero-order valence-electron chi connectivity index (χ0n) is 12.4. The zero-order valence-corrected chi connectivity index (χ0v) is 12.4. The molecule has 0 fully saturated rings. The van der Waals surface area contributed by atoms with Gasteiger partial charge in [-0.3, -0.25) is 4.79 Å². The van der Waals surface area contributed by atoms with E-state index in [1.54, 1.807) is 32.0 Å². The van der Waals surface area contributed by atoms with E-state index < -0.39 is 5.41 Å². The molecule has 0 radical (unpaired) electrons. The minimum Gasteiger partial charge on any atom is -0.490 e. The molecule has 20 heavy (non-hydrogen) atoms. The maximum atomic E-state index is 11.6. The molecule has 1 N–H and O–H groups in total. The Morgan fingerprint density at radius 1 is 1.25 bits per heavy atom. The lowest BCUT2D eigenvalue weighted by Crippen LogP contribution is -2.32. The quantitative estimate of drug-likeness (QED) is 0.776. The van der Waals surface area contributed by atoms with Crippen molar-refractivity contribution in [3.05, 3.63) is 23.8 Å². The monoisotopic (exact) mass is 282 g/mol. The van der Waals surface area contributed by atoms with Crippen molar-refractivity contribution < 1.29 is 24.1 Å². The van der Waals surface area contributed by atoms with Crippen molar-refractivity contribution in [3.8, 4) is 11.5 Å². The van der Waals surface area contributed by atoms with Crippen LogP contribution >= 0.6 is 0 Å². The molecule has 0 spiro atoms. The van der Waals surface area contributed by atoms with Gasteiger partial charge in [0, 0.05) is 0 Å². The maximum Gasteiger partial charge on any atom is 0.314 e. The summed E-state index contributed by atoms with van der Waals surface area (Å²) in [6, 6.07) is 5.21. The first-order valence-electron chi connectivity index (χ1n) is 6.52. The predicted molar refractivity (Wildman–Crippen MR) is 74.8 cm³/mol. The van der Waals surface area contributed by atoms with Gasteiger partial charge in [-0.25, -0.2) is 0 Å². The van der Waals surface area contributed by atoms with Crippen molar-refractivity contribution in [2.45, 2.75) is 27.4 Å². The summed E-state index contributed by atoms with van der Waals surface area (Å²) in [7, 11) is 1.35. The maximum absolute atomic E-state index is 11.6. The van der Waals surface area contributed by atoms with Gasteiger partial charge < -0.3 is 19.3 Å². The van der Waals surface area contributed by atoms with Gasteiger partial charge in [-0.15, -0.1) is 0 Å². The number of methoxy groups -OCH3 is 1. The number of aliphatic hydroxyl groups excluding tert-OH is 1. The van der Waals surface area contributed by atoms with Gasteiger partial charge in [-0.2, -0.15) is 0 Å². The fourth-order valence-electron chi connectivity index (χ4n) is 1.63. The summed E-state index contributed by atoms with van der Waals surface area (Å²) in [6.07, 6.45) is 0. The fraction of sp³-hybridized carbons (Fsp3) is 0.533. The van der Waals surface area contributed by atoms with Gasteiger partial charge in [0.15, 0.2) is 11.5 Å². The molecule has 1 aromatic rings. The highest BCUT2D eigenvalue weighted by Gasteiger charge is 2.30. The number of esters is 1. The Bertz CT molecular complexity index is 454. The molecule has 1 rings (SSSR count). The molecule has 0 saturated heterocycles. The topological polar surface area (TPSA) is 65.0 Å². The molecule has 0 aliphatic rings. The van der Waals surface area contributed by atoms with Crippen molar-refractivity contribution in [3.63, 3.8) is 0 Å². The van der Waals surface area contributed by atoms with Crippen LogP contribution in [0.1, 0.15) is 26.3 Å². The number of carbonyl (C=O) groups excluding carboxylic acids is 1. The summed E-state index contributed by atoms with van der Waals surface area (Å²) in [5.41, 5.74) is 0.00137. The smallest absolute Gasteiger partial charge is 0.314 e. The van der Waals surface area contributed by atoms with Crippen molar-refractivity contribution >= 4 is 5.97 Å². The number of aliphatic hydroxyl groups is 1. The molecular weight excluding hydrogens is 260 g/mol. The molecule has 112 valence electrons. The molecular formula is C15H22O5. The van der Waals surface area contributed by atoms with Gasteiger partial charge in [0.2, 0.25) is 0 Å². The molecule has 0 amide bonds. The van der Waals surface area contributed by atoms with Crippen LogP contribution in [0.4, 0.5) is 0 Å². The van der Waals surface area contributed by atoms with Crippen LogP contribution in [0.15, 0.2) is 18.2 Å². The second-order valence-corrected chi connectivity index (χ2v) is 5.04. The van der Waals surface area contributed by atoms with Crippen LogP contribution in [0.25, 0.3) is 0 Å². The van der Waals surface area contributed by atoms with E-state index in [0.29, 0.717) is 18.1 Å². The Morgan fingerprint density at radius 3 is 2.50 bits per heavy atom. The second-order valence-electron chi connectivity index (χ2n) is 5.04. The third kappa shape index (κ3) is 4.13.